The number of rotatable bonds is 2. The molecule has 22 heavy (non-hydrogen) atoms. The monoisotopic (exact) mass is 305 g/mol. The molecule has 0 amide bonds. The van der Waals surface area contributed by atoms with Crippen LogP contribution in [0.1, 0.15) is 60.3 Å². The highest BCUT2D eigenvalue weighted by atomic mass is 16.7. The minimum Gasteiger partial charge on any atom is -0.400 e. The van der Waals surface area contributed by atoms with Crippen molar-refractivity contribution in [2.24, 2.45) is 0 Å². The number of carbonyl (C=O) groups excluding carboxylic acids is 2. The third-order valence-corrected chi connectivity index (χ3v) is 5.07. The molecule has 0 bridgehead atoms. The van der Waals surface area contributed by atoms with E-state index in [1.165, 1.54) is 5.47 Å². The maximum absolute atomic E-state index is 8.12. The van der Waals surface area contributed by atoms with Crippen molar-refractivity contribution < 1.29 is 18.9 Å². The zero-order valence-electron chi connectivity index (χ0n) is 14.1. The summed E-state index contributed by atoms with van der Waals surface area (Å²) in [5.74, 6) is 0. The molecule has 2 rings (SSSR count). The SMILES string of the molecule is O=C=O.[C-]#[N+]C1(CC)CC=C(B2OC(C)(C)C(C)(C)O2)CC1. The molecule has 6 heteroatoms. The number of nitrogens with zero attached hydrogens (tertiary/aromatic N) is 1. The molecule has 0 N–H and O–H groups in total. The average molecular weight is 305 g/mol. The number of allylic oxidation sites excluding steroid dienone is 1. The molecule has 1 unspecified atom stereocenters. The van der Waals surface area contributed by atoms with Crippen LogP contribution in [-0.4, -0.2) is 30.0 Å². The first kappa shape index (κ1) is 18.6. The highest BCUT2D eigenvalue weighted by molar-refractivity contribution is 6.54. The van der Waals surface area contributed by atoms with Gasteiger partial charge in [0.1, 0.15) is 0 Å². The van der Waals surface area contributed by atoms with Crippen LogP contribution in [0.25, 0.3) is 4.85 Å². The Bertz CT molecular complexity index is 499. The van der Waals surface area contributed by atoms with E-state index in [1.807, 2.05) is 0 Å². The van der Waals surface area contributed by atoms with Crippen LogP contribution in [0.4, 0.5) is 0 Å². The predicted octanol–water partition coefficient (Wildman–Crippen LogP) is 3.21. The van der Waals surface area contributed by atoms with Crippen LogP contribution in [0.3, 0.4) is 0 Å². The van der Waals surface area contributed by atoms with Crippen molar-refractivity contribution >= 4 is 13.3 Å². The van der Waals surface area contributed by atoms with Gasteiger partial charge in [-0.2, -0.15) is 9.59 Å². The summed E-state index contributed by atoms with van der Waals surface area (Å²) >= 11 is 0. The quantitative estimate of drug-likeness (QED) is 0.580. The maximum atomic E-state index is 8.12. The Labute approximate surface area is 133 Å². The van der Waals surface area contributed by atoms with Gasteiger partial charge in [0.2, 0.25) is 5.54 Å². The molecule has 0 spiro atoms. The molecule has 0 aromatic rings. The van der Waals surface area contributed by atoms with E-state index < -0.39 is 0 Å². The minimum absolute atomic E-state index is 0.187. The van der Waals surface area contributed by atoms with Crippen molar-refractivity contribution in [1.82, 2.24) is 0 Å². The fourth-order valence-electron chi connectivity index (χ4n) is 2.61. The van der Waals surface area contributed by atoms with Crippen molar-refractivity contribution in [3.8, 4) is 0 Å². The highest BCUT2D eigenvalue weighted by Crippen LogP contribution is 2.42. The molecule has 0 saturated carbocycles. The minimum atomic E-state index is -0.280. The largest absolute Gasteiger partial charge is 0.490 e. The van der Waals surface area contributed by atoms with Crippen molar-refractivity contribution in [3.05, 3.63) is 23.0 Å². The van der Waals surface area contributed by atoms with Gasteiger partial charge in [-0.05, 0) is 39.6 Å². The van der Waals surface area contributed by atoms with Gasteiger partial charge < -0.3 is 14.2 Å². The zero-order chi connectivity index (χ0) is 17.0. The van der Waals surface area contributed by atoms with E-state index in [0.29, 0.717) is 0 Å². The van der Waals surface area contributed by atoms with Crippen LogP contribution < -0.4 is 0 Å². The van der Waals surface area contributed by atoms with Crippen LogP contribution >= 0.6 is 0 Å². The zero-order valence-corrected chi connectivity index (χ0v) is 14.1. The van der Waals surface area contributed by atoms with Gasteiger partial charge in [-0.25, -0.2) is 6.57 Å². The first-order valence-electron chi connectivity index (χ1n) is 7.59. The normalized spacial score (nSPS) is 28.7. The second-order valence-corrected chi connectivity index (χ2v) is 6.84. The topological polar surface area (TPSA) is 57.0 Å². The predicted molar refractivity (Wildman–Crippen MR) is 82.6 cm³/mol. The van der Waals surface area contributed by atoms with Gasteiger partial charge >= 0.3 is 13.3 Å². The van der Waals surface area contributed by atoms with Crippen molar-refractivity contribution in [3.63, 3.8) is 0 Å². The van der Waals surface area contributed by atoms with Crippen molar-refractivity contribution in [2.75, 3.05) is 0 Å². The molecule has 0 radical (unpaired) electrons. The lowest BCUT2D eigenvalue weighted by Crippen LogP contribution is -2.41. The summed E-state index contributed by atoms with van der Waals surface area (Å²) in [5.41, 5.74) is 0.467. The molecule has 120 valence electrons. The summed E-state index contributed by atoms with van der Waals surface area (Å²) < 4.78 is 12.1. The molecule has 1 saturated heterocycles. The smallest absolute Gasteiger partial charge is 0.400 e. The number of hydrogen-bond acceptors (Lipinski definition) is 4. The first-order valence-corrected chi connectivity index (χ1v) is 7.59. The second-order valence-electron chi connectivity index (χ2n) is 6.84. The molecule has 0 aromatic heterocycles. The van der Waals surface area contributed by atoms with Gasteiger partial charge in [0, 0.05) is 19.3 Å². The lowest BCUT2D eigenvalue weighted by molar-refractivity contribution is -0.191. The van der Waals surface area contributed by atoms with E-state index in [4.69, 9.17) is 25.5 Å². The van der Waals surface area contributed by atoms with Gasteiger partial charge in [0.25, 0.3) is 0 Å². The molecule has 5 nitrogen and oxygen atoms in total. The molecule has 2 aliphatic rings. The molecule has 1 aliphatic carbocycles. The molecular formula is C16H24BNO4. The van der Waals surface area contributed by atoms with E-state index in [0.717, 1.165) is 25.7 Å². The summed E-state index contributed by atoms with van der Waals surface area (Å²) in [7, 11) is -0.231. The maximum Gasteiger partial charge on any atom is 0.490 e. The average Bonchev–Trinajstić information content (AvgIpc) is 2.68. The van der Waals surface area contributed by atoms with E-state index in [1.54, 1.807) is 0 Å². The van der Waals surface area contributed by atoms with Crippen LogP contribution in [0.2, 0.25) is 0 Å². The standard InChI is InChI=1S/C15H24BNO2.CO2/c1-7-15(17-6)10-8-12(9-11-15)16-18-13(2,3)14(4,5)19-16;2-1-3/h8H,7,9-11H2,1-5H3;. The molecule has 1 aliphatic heterocycles. The Morgan fingerprint density at radius 3 is 2.09 bits per heavy atom. The molecule has 1 atom stereocenters. The van der Waals surface area contributed by atoms with Crippen LogP contribution in [0, 0.1) is 6.57 Å². The Hall–Kier alpha value is -1.41. The highest BCUT2D eigenvalue weighted by Gasteiger charge is 2.53. The van der Waals surface area contributed by atoms with Gasteiger partial charge in [-0.15, -0.1) is 0 Å². The van der Waals surface area contributed by atoms with E-state index in [2.05, 4.69) is 45.5 Å². The van der Waals surface area contributed by atoms with E-state index >= 15 is 0 Å². The fourth-order valence-corrected chi connectivity index (χ4v) is 2.61. The van der Waals surface area contributed by atoms with Gasteiger partial charge in [-0.1, -0.05) is 13.0 Å². The summed E-state index contributed by atoms with van der Waals surface area (Å²) in [5, 5.41) is 0. The Morgan fingerprint density at radius 1 is 1.27 bits per heavy atom. The fraction of sp³-hybridized carbons (Fsp3) is 0.750. The molecular weight excluding hydrogens is 281 g/mol. The summed E-state index contributed by atoms with van der Waals surface area (Å²) in [6.07, 6.45) is 6.00. The second kappa shape index (κ2) is 6.79. The van der Waals surface area contributed by atoms with Gasteiger partial charge in [-0.3, -0.25) is 0 Å². The molecule has 1 heterocycles. The van der Waals surface area contributed by atoms with E-state index in [-0.39, 0.29) is 30.0 Å². The summed E-state index contributed by atoms with van der Waals surface area (Å²) in [6, 6.07) is 0. The van der Waals surface area contributed by atoms with Crippen molar-refractivity contribution in [2.45, 2.75) is 77.0 Å². The van der Waals surface area contributed by atoms with Gasteiger partial charge in [0.15, 0.2) is 0 Å². The lowest BCUT2D eigenvalue weighted by atomic mass is 9.68. The van der Waals surface area contributed by atoms with Crippen LogP contribution in [0.5, 0.6) is 0 Å². The molecule has 0 aromatic carbocycles. The van der Waals surface area contributed by atoms with Crippen LogP contribution in [-0.2, 0) is 18.9 Å². The van der Waals surface area contributed by atoms with Crippen molar-refractivity contribution in [1.29, 1.82) is 0 Å². The van der Waals surface area contributed by atoms with E-state index in [9.17, 15) is 0 Å². The van der Waals surface area contributed by atoms with Gasteiger partial charge in [0.05, 0.1) is 11.2 Å². The summed E-state index contributed by atoms with van der Waals surface area (Å²) in [4.78, 5) is 20.1. The van der Waals surface area contributed by atoms with Crippen LogP contribution in [0.15, 0.2) is 11.5 Å². The summed E-state index contributed by atoms with van der Waals surface area (Å²) in [6.45, 7) is 17.8. The first-order chi connectivity index (χ1) is 10.2. The third-order valence-electron chi connectivity index (χ3n) is 5.07. The number of hydrogen-bond donors (Lipinski definition) is 0. The lowest BCUT2D eigenvalue weighted by Gasteiger charge is -2.32. The Balaban J connectivity index is 0.000000745. The third kappa shape index (κ3) is 3.67. The molecule has 1 fully saturated rings. The Morgan fingerprint density at radius 2 is 1.77 bits per heavy atom. The Kier molecular flexibility index (Phi) is 5.75.